The fourth-order valence-electron chi connectivity index (χ4n) is 3.25. The average molecular weight is 418 g/mol. The normalized spacial score (nSPS) is 11.8. The van der Waals surface area contributed by atoms with Crippen LogP contribution in [0, 0.1) is 6.92 Å². The summed E-state index contributed by atoms with van der Waals surface area (Å²) in [4.78, 5) is 17.5. The van der Waals surface area contributed by atoms with Gasteiger partial charge in [-0.15, -0.1) is 5.10 Å². The first kappa shape index (κ1) is 20.2. The minimum Gasteiger partial charge on any atom is -0.497 e. The first-order valence-corrected chi connectivity index (χ1v) is 9.74. The summed E-state index contributed by atoms with van der Waals surface area (Å²) in [6, 6.07) is 12.6. The Balaban J connectivity index is 1.51. The summed E-state index contributed by atoms with van der Waals surface area (Å²) in [7, 11) is 1.61. The molecule has 0 aliphatic heterocycles. The molecule has 0 aliphatic carbocycles. The smallest absolute Gasteiger partial charge is 0.245 e. The maximum Gasteiger partial charge on any atom is 0.245 e. The lowest BCUT2D eigenvalue weighted by molar-refractivity contribution is -0.124. The molecule has 0 saturated heterocycles. The number of nitrogens with one attached hydrogen (secondary N) is 1. The molecular weight excluding hydrogens is 396 g/mol. The molecule has 10 heteroatoms. The van der Waals surface area contributed by atoms with Gasteiger partial charge in [0.15, 0.2) is 5.82 Å². The van der Waals surface area contributed by atoms with Crippen molar-refractivity contribution in [3.63, 3.8) is 0 Å². The predicted molar refractivity (Wildman–Crippen MR) is 111 cm³/mol. The van der Waals surface area contributed by atoms with Gasteiger partial charge in [-0.05, 0) is 58.8 Å². The molecule has 0 radical (unpaired) electrons. The lowest BCUT2D eigenvalue weighted by Crippen LogP contribution is -2.34. The zero-order valence-corrected chi connectivity index (χ0v) is 17.2. The molecule has 4 rings (SSSR count). The number of ether oxygens (including phenoxy) is 1. The van der Waals surface area contributed by atoms with Crippen molar-refractivity contribution in [1.82, 2.24) is 40.3 Å². The Labute approximate surface area is 178 Å². The summed E-state index contributed by atoms with van der Waals surface area (Å²) in [5.41, 5.74) is 1.85. The molecule has 1 aromatic carbocycles. The third kappa shape index (κ3) is 4.74. The van der Waals surface area contributed by atoms with Gasteiger partial charge >= 0.3 is 0 Å². The Morgan fingerprint density at radius 3 is 2.81 bits per heavy atom. The van der Waals surface area contributed by atoms with Gasteiger partial charge in [0.2, 0.25) is 5.91 Å². The number of aromatic nitrogens is 7. The summed E-state index contributed by atoms with van der Waals surface area (Å²) < 4.78 is 8.50. The van der Waals surface area contributed by atoms with Gasteiger partial charge in [-0.1, -0.05) is 12.1 Å². The summed E-state index contributed by atoms with van der Waals surface area (Å²) >= 11 is 0. The highest BCUT2D eigenvalue weighted by molar-refractivity contribution is 5.80. The van der Waals surface area contributed by atoms with Gasteiger partial charge in [-0.2, -0.15) is 5.10 Å². The van der Waals surface area contributed by atoms with Crippen LogP contribution in [0.2, 0.25) is 0 Å². The Morgan fingerprint density at radius 2 is 2.06 bits per heavy atom. The van der Waals surface area contributed by atoms with Crippen LogP contribution in [-0.4, -0.2) is 48.0 Å². The number of rotatable bonds is 8. The van der Waals surface area contributed by atoms with E-state index in [1.165, 1.54) is 4.68 Å². The first-order valence-electron chi connectivity index (χ1n) is 9.74. The van der Waals surface area contributed by atoms with Crippen LogP contribution < -0.4 is 10.1 Å². The van der Waals surface area contributed by atoms with E-state index in [9.17, 15) is 4.79 Å². The van der Waals surface area contributed by atoms with Gasteiger partial charge in [0, 0.05) is 31.6 Å². The molecule has 0 unspecified atom stereocenters. The zero-order valence-electron chi connectivity index (χ0n) is 17.2. The highest BCUT2D eigenvalue weighted by Gasteiger charge is 2.24. The summed E-state index contributed by atoms with van der Waals surface area (Å²) in [6.45, 7) is 2.11. The minimum atomic E-state index is -0.602. The number of aryl methyl sites for hydroxylation is 1. The third-order valence-electron chi connectivity index (χ3n) is 4.83. The van der Waals surface area contributed by atoms with Crippen molar-refractivity contribution in [3.05, 3.63) is 78.0 Å². The lowest BCUT2D eigenvalue weighted by Gasteiger charge is -2.18. The first-order chi connectivity index (χ1) is 15.1. The van der Waals surface area contributed by atoms with E-state index < -0.39 is 6.04 Å². The van der Waals surface area contributed by atoms with Gasteiger partial charge < -0.3 is 10.1 Å². The maximum absolute atomic E-state index is 13.1. The van der Waals surface area contributed by atoms with Crippen molar-refractivity contribution in [3.8, 4) is 11.6 Å². The summed E-state index contributed by atoms with van der Waals surface area (Å²) in [5, 5.41) is 18.8. The van der Waals surface area contributed by atoms with E-state index in [2.05, 4.69) is 30.9 Å². The topological polar surface area (TPSA) is 113 Å². The van der Waals surface area contributed by atoms with E-state index in [0.29, 0.717) is 24.6 Å². The molecule has 4 aromatic rings. The Kier molecular flexibility index (Phi) is 5.97. The van der Waals surface area contributed by atoms with Crippen LogP contribution in [0.3, 0.4) is 0 Å². The highest BCUT2D eigenvalue weighted by atomic mass is 16.5. The van der Waals surface area contributed by atoms with Gasteiger partial charge in [-0.25, -0.2) is 14.3 Å². The SMILES string of the molecule is COc1cccc(C[C@H](C(=O)NCc2ccnc(-n3cccn3)c2)n2nnnc2C)c1. The molecule has 0 aliphatic rings. The van der Waals surface area contributed by atoms with Crippen LogP contribution in [0.4, 0.5) is 0 Å². The minimum absolute atomic E-state index is 0.185. The van der Waals surface area contributed by atoms with Crippen molar-refractivity contribution >= 4 is 5.91 Å². The van der Waals surface area contributed by atoms with Gasteiger partial charge in [-0.3, -0.25) is 4.79 Å². The van der Waals surface area contributed by atoms with Gasteiger partial charge in [0.25, 0.3) is 0 Å². The number of carbonyl (C=O) groups is 1. The van der Waals surface area contributed by atoms with E-state index in [1.807, 2.05) is 48.7 Å². The van der Waals surface area contributed by atoms with E-state index in [0.717, 1.165) is 16.9 Å². The van der Waals surface area contributed by atoms with Crippen LogP contribution in [0.1, 0.15) is 23.0 Å². The molecule has 3 aromatic heterocycles. The number of amides is 1. The quantitative estimate of drug-likeness (QED) is 0.463. The lowest BCUT2D eigenvalue weighted by atomic mass is 10.0. The molecule has 3 heterocycles. The van der Waals surface area contributed by atoms with Gasteiger partial charge in [0.1, 0.15) is 17.6 Å². The number of hydrogen-bond acceptors (Lipinski definition) is 7. The van der Waals surface area contributed by atoms with Crippen molar-refractivity contribution in [2.75, 3.05) is 7.11 Å². The van der Waals surface area contributed by atoms with Crippen molar-refractivity contribution in [2.45, 2.75) is 25.9 Å². The fourth-order valence-corrected chi connectivity index (χ4v) is 3.25. The monoisotopic (exact) mass is 418 g/mol. The molecule has 1 amide bonds. The molecular formula is C21H22N8O2. The molecule has 10 nitrogen and oxygen atoms in total. The predicted octanol–water partition coefficient (Wildman–Crippen LogP) is 1.67. The van der Waals surface area contributed by atoms with Crippen molar-refractivity contribution in [2.24, 2.45) is 0 Å². The number of hydrogen-bond donors (Lipinski definition) is 1. The van der Waals surface area contributed by atoms with Crippen LogP contribution in [0.5, 0.6) is 5.75 Å². The van der Waals surface area contributed by atoms with E-state index in [1.54, 1.807) is 31.1 Å². The highest BCUT2D eigenvalue weighted by Crippen LogP contribution is 2.19. The largest absolute Gasteiger partial charge is 0.497 e. The number of nitrogens with zero attached hydrogens (tertiary/aromatic N) is 7. The Bertz CT molecular complexity index is 1160. The second kappa shape index (κ2) is 9.16. The molecule has 0 spiro atoms. The zero-order chi connectivity index (χ0) is 21.6. The maximum atomic E-state index is 13.1. The third-order valence-corrected chi connectivity index (χ3v) is 4.83. The van der Waals surface area contributed by atoms with Crippen LogP contribution >= 0.6 is 0 Å². The molecule has 0 fully saturated rings. The van der Waals surface area contributed by atoms with Crippen LogP contribution in [-0.2, 0) is 17.8 Å². The molecule has 0 bridgehead atoms. The number of methoxy groups -OCH3 is 1. The average Bonchev–Trinajstić information content (AvgIpc) is 3.48. The van der Waals surface area contributed by atoms with Crippen molar-refractivity contribution in [1.29, 1.82) is 0 Å². The van der Waals surface area contributed by atoms with Gasteiger partial charge in [0.05, 0.1) is 7.11 Å². The Hall–Kier alpha value is -4.08. The summed E-state index contributed by atoms with van der Waals surface area (Å²) in [5.74, 6) is 1.79. The van der Waals surface area contributed by atoms with Crippen LogP contribution in [0.25, 0.3) is 5.82 Å². The number of tetrazole rings is 1. The number of pyridine rings is 1. The molecule has 1 atom stereocenters. The van der Waals surface area contributed by atoms with E-state index >= 15 is 0 Å². The number of carbonyl (C=O) groups excluding carboxylic acids is 1. The second-order valence-corrected chi connectivity index (χ2v) is 6.93. The fraction of sp³-hybridized carbons (Fsp3) is 0.238. The second-order valence-electron chi connectivity index (χ2n) is 6.93. The summed E-state index contributed by atoms with van der Waals surface area (Å²) in [6.07, 6.45) is 5.62. The van der Waals surface area contributed by atoms with E-state index in [4.69, 9.17) is 4.74 Å². The molecule has 1 N–H and O–H groups in total. The Morgan fingerprint density at radius 1 is 1.16 bits per heavy atom. The number of benzene rings is 1. The standard InChI is InChI=1S/C21H22N8O2/c1-15-25-26-27-29(15)19(12-16-5-3-6-18(11-16)31-2)21(30)23-14-17-7-9-22-20(13-17)28-10-4-8-24-28/h3-11,13,19H,12,14H2,1-2H3,(H,23,30)/t19-/m1/s1. The molecule has 31 heavy (non-hydrogen) atoms. The van der Waals surface area contributed by atoms with Crippen LogP contribution in [0.15, 0.2) is 61.1 Å². The molecule has 158 valence electrons. The molecule has 0 saturated carbocycles. The van der Waals surface area contributed by atoms with E-state index in [-0.39, 0.29) is 5.91 Å². The van der Waals surface area contributed by atoms with Crippen molar-refractivity contribution < 1.29 is 9.53 Å².